The number of benzene rings is 1. The van der Waals surface area contributed by atoms with Gasteiger partial charge in [-0.1, -0.05) is 24.3 Å². The van der Waals surface area contributed by atoms with Gasteiger partial charge in [-0.3, -0.25) is 0 Å². The molecule has 2 atom stereocenters. The molecule has 24 heavy (non-hydrogen) atoms. The zero-order valence-electron chi connectivity index (χ0n) is 14.5. The predicted molar refractivity (Wildman–Crippen MR) is 87.7 cm³/mol. The predicted octanol–water partition coefficient (Wildman–Crippen LogP) is 2.58. The second-order valence-electron chi connectivity index (χ2n) is 6.46. The molecule has 1 heterocycles. The molecule has 0 unspecified atom stereocenters. The van der Waals surface area contributed by atoms with Crippen molar-refractivity contribution in [3.8, 4) is 5.75 Å². The summed E-state index contributed by atoms with van der Waals surface area (Å²) in [6.45, 7) is 7.40. The Kier molecular flexibility index (Phi) is 5.38. The van der Waals surface area contributed by atoms with E-state index in [1.165, 1.54) is 0 Å². The molecule has 8 heteroatoms. The third kappa shape index (κ3) is 4.68. The Hall–Kier alpha value is -2.64. The van der Waals surface area contributed by atoms with Crippen LogP contribution >= 0.6 is 0 Å². The van der Waals surface area contributed by atoms with E-state index in [2.05, 4.69) is 25.9 Å². The summed E-state index contributed by atoms with van der Waals surface area (Å²) in [5.74, 6) is 1.06. The summed E-state index contributed by atoms with van der Waals surface area (Å²) in [6, 6.07) is 7.13. The Labute approximate surface area is 140 Å². The van der Waals surface area contributed by atoms with E-state index in [0.717, 1.165) is 11.3 Å². The van der Waals surface area contributed by atoms with Gasteiger partial charge in [-0.05, 0) is 38.5 Å². The van der Waals surface area contributed by atoms with Crippen LogP contribution in [0.3, 0.4) is 0 Å². The fraction of sp³-hybridized carbons (Fsp3) is 0.500. The quantitative estimate of drug-likeness (QED) is 0.872. The van der Waals surface area contributed by atoms with Crippen molar-refractivity contribution < 1.29 is 14.3 Å². The Morgan fingerprint density at radius 3 is 2.42 bits per heavy atom. The number of hydrogen-bond acceptors (Lipinski definition) is 6. The molecule has 8 nitrogen and oxygen atoms in total. The highest BCUT2D eigenvalue weighted by atomic mass is 16.6. The van der Waals surface area contributed by atoms with Gasteiger partial charge >= 0.3 is 6.09 Å². The molecule has 1 aromatic heterocycles. The first-order chi connectivity index (χ1) is 11.3. The van der Waals surface area contributed by atoms with Crippen molar-refractivity contribution in [2.45, 2.75) is 45.3 Å². The van der Waals surface area contributed by atoms with Gasteiger partial charge in [0.25, 0.3) is 0 Å². The summed E-state index contributed by atoms with van der Waals surface area (Å²) in [5.41, 5.74) is 0.413. The number of tetrazole rings is 1. The second kappa shape index (κ2) is 7.29. The van der Waals surface area contributed by atoms with E-state index in [0.29, 0.717) is 5.82 Å². The number of ether oxygens (including phenoxy) is 2. The Balaban J connectivity index is 2.20. The molecular formula is C16H23N5O3. The molecule has 0 bridgehead atoms. The lowest BCUT2D eigenvalue weighted by atomic mass is 9.93. The molecule has 2 aromatic rings. The number of aromatic amines is 1. The minimum Gasteiger partial charge on any atom is -0.497 e. The van der Waals surface area contributed by atoms with E-state index in [4.69, 9.17) is 9.47 Å². The fourth-order valence-corrected chi connectivity index (χ4v) is 2.25. The number of H-pyrrole nitrogens is 1. The van der Waals surface area contributed by atoms with Crippen LogP contribution in [0.25, 0.3) is 0 Å². The standard InChI is InChI=1S/C16H23N5O3/c1-10(11-6-8-12(23-5)9-7-11)13(14-18-20-21-19-14)17-15(22)24-16(2,3)4/h6-10,13H,1-5H3,(H,17,22)(H,18,19,20,21)/t10-,13+/m0/s1. The summed E-state index contributed by atoms with van der Waals surface area (Å²) in [5, 5.41) is 16.8. The van der Waals surface area contributed by atoms with E-state index < -0.39 is 17.7 Å². The molecule has 0 fully saturated rings. The minimum atomic E-state index is -0.588. The number of hydrogen-bond donors (Lipinski definition) is 2. The smallest absolute Gasteiger partial charge is 0.408 e. The highest BCUT2D eigenvalue weighted by molar-refractivity contribution is 5.68. The highest BCUT2D eigenvalue weighted by Crippen LogP contribution is 2.30. The van der Waals surface area contributed by atoms with Gasteiger partial charge in [-0.15, -0.1) is 10.2 Å². The Morgan fingerprint density at radius 2 is 1.92 bits per heavy atom. The molecule has 0 aliphatic heterocycles. The molecule has 1 aromatic carbocycles. The van der Waals surface area contributed by atoms with Gasteiger partial charge in [-0.25, -0.2) is 4.79 Å². The minimum absolute atomic E-state index is 0.0963. The lowest BCUT2D eigenvalue weighted by molar-refractivity contribution is 0.0494. The van der Waals surface area contributed by atoms with Crippen molar-refractivity contribution in [1.82, 2.24) is 25.9 Å². The largest absolute Gasteiger partial charge is 0.497 e. The van der Waals surface area contributed by atoms with E-state index in [1.54, 1.807) is 7.11 Å². The van der Waals surface area contributed by atoms with Crippen LogP contribution in [0.2, 0.25) is 0 Å². The maximum Gasteiger partial charge on any atom is 0.408 e. The molecule has 0 radical (unpaired) electrons. The summed E-state index contributed by atoms with van der Waals surface area (Å²) in [7, 11) is 1.62. The van der Waals surface area contributed by atoms with Gasteiger partial charge < -0.3 is 14.8 Å². The lowest BCUT2D eigenvalue weighted by Gasteiger charge is -2.25. The third-order valence-electron chi connectivity index (χ3n) is 3.45. The summed E-state index contributed by atoms with van der Waals surface area (Å²) < 4.78 is 10.5. The maximum atomic E-state index is 12.2. The Morgan fingerprint density at radius 1 is 1.25 bits per heavy atom. The van der Waals surface area contributed by atoms with Crippen LogP contribution in [0.1, 0.15) is 51.0 Å². The van der Waals surface area contributed by atoms with Crippen molar-refractivity contribution in [2.24, 2.45) is 0 Å². The van der Waals surface area contributed by atoms with Crippen LogP contribution in [0.5, 0.6) is 5.75 Å². The summed E-state index contributed by atoms with van der Waals surface area (Å²) >= 11 is 0. The lowest BCUT2D eigenvalue weighted by Crippen LogP contribution is -2.37. The van der Waals surface area contributed by atoms with E-state index in [1.807, 2.05) is 52.0 Å². The van der Waals surface area contributed by atoms with Crippen molar-refractivity contribution in [3.63, 3.8) is 0 Å². The van der Waals surface area contributed by atoms with Gasteiger partial charge in [0.2, 0.25) is 0 Å². The topological polar surface area (TPSA) is 102 Å². The van der Waals surface area contributed by atoms with Crippen molar-refractivity contribution >= 4 is 6.09 Å². The van der Waals surface area contributed by atoms with Crippen molar-refractivity contribution in [1.29, 1.82) is 0 Å². The van der Waals surface area contributed by atoms with Gasteiger partial charge in [0, 0.05) is 5.92 Å². The number of rotatable bonds is 5. The molecular weight excluding hydrogens is 310 g/mol. The molecule has 0 saturated carbocycles. The van der Waals surface area contributed by atoms with Crippen LogP contribution in [0.15, 0.2) is 24.3 Å². The molecule has 0 aliphatic rings. The first kappa shape index (κ1) is 17.7. The number of nitrogens with one attached hydrogen (secondary N) is 2. The molecule has 1 amide bonds. The normalized spacial score (nSPS) is 13.9. The van der Waals surface area contributed by atoms with Crippen LogP contribution in [0.4, 0.5) is 4.79 Å². The number of aromatic nitrogens is 4. The maximum absolute atomic E-state index is 12.2. The summed E-state index contributed by atoms with van der Waals surface area (Å²) in [6.07, 6.45) is -0.530. The monoisotopic (exact) mass is 333 g/mol. The average Bonchev–Trinajstić information content (AvgIpc) is 3.04. The SMILES string of the molecule is COc1ccc([C@H](C)[C@@H](NC(=O)OC(C)(C)C)c2nn[nH]n2)cc1. The molecule has 0 aliphatic carbocycles. The van der Waals surface area contributed by atoms with E-state index >= 15 is 0 Å². The number of amides is 1. The van der Waals surface area contributed by atoms with Crippen LogP contribution in [0, 0.1) is 0 Å². The van der Waals surface area contributed by atoms with Gasteiger partial charge in [0.15, 0.2) is 5.82 Å². The number of methoxy groups -OCH3 is 1. The average molecular weight is 333 g/mol. The molecule has 2 N–H and O–H groups in total. The van der Waals surface area contributed by atoms with Crippen LogP contribution in [-0.4, -0.2) is 39.4 Å². The van der Waals surface area contributed by atoms with E-state index in [-0.39, 0.29) is 5.92 Å². The first-order valence-corrected chi connectivity index (χ1v) is 7.67. The molecule has 0 spiro atoms. The zero-order chi connectivity index (χ0) is 17.7. The van der Waals surface area contributed by atoms with Gasteiger partial charge in [0.05, 0.1) is 7.11 Å². The number of nitrogens with zero attached hydrogens (tertiary/aromatic N) is 3. The highest BCUT2D eigenvalue weighted by Gasteiger charge is 2.28. The number of alkyl carbamates (subject to hydrolysis) is 1. The van der Waals surface area contributed by atoms with Crippen molar-refractivity contribution in [2.75, 3.05) is 7.11 Å². The van der Waals surface area contributed by atoms with Gasteiger partial charge in [0.1, 0.15) is 17.4 Å². The fourth-order valence-electron chi connectivity index (χ4n) is 2.25. The summed E-state index contributed by atoms with van der Waals surface area (Å²) in [4.78, 5) is 12.2. The van der Waals surface area contributed by atoms with E-state index in [9.17, 15) is 4.79 Å². The molecule has 2 rings (SSSR count). The van der Waals surface area contributed by atoms with Crippen molar-refractivity contribution in [3.05, 3.63) is 35.7 Å². The number of carbonyl (C=O) groups is 1. The first-order valence-electron chi connectivity index (χ1n) is 7.67. The third-order valence-corrected chi connectivity index (χ3v) is 3.45. The second-order valence-corrected chi connectivity index (χ2v) is 6.46. The zero-order valence-corrected chi connectivity index (χ0v) is 14.5. The molecule has 130 valence electrons. The van der Waals surface area contributed by atoms with Crippen LogP contribution < -0.4 is 10.1 Å². The number of carbonyl (C=O) groups excluding carboxylic acids is 1. The Bertz CT molecular complexity index is 649. The van der Waals surface area contributed by atoms with Gasteiger partial charge in [-0.2, -0.15) is 5.21 Å². The van der Waals surface area contributed by atoms with Crippen LogP contribution in [-0.2, 0) is 4.74 Å². The molecule has 0 saturated heterocycles.